The first-order chi connectivity index (χ1) is 19.3. The third-order valence-electron chi connectivity index (χ3n) is 7.30. The smallest absolute Gasteiger partial charge is 0.254 e. The summed E-state index contributed by atoms with van der Waals surface area (Å²) in [6.45, 7) is 8.71. The highest BCUT2D eigenvalue weighted by molar-refractivity contribution is 7.99. The number of aryl methyl sites for hydroxylation is 1. The molecular formula is C29H32Cl2N6O2S. The van der Waals surface area contributed by atoms with Gasteiger partial charge in [0, 0.05) is 74.2 Å². The second kappa shape index (κ2) is 12.7. The van der Waals surface area contributed by atoms with Gasteiger partial charge < -0.3 is 19.6 Å². The summed E-state index contributed by atoms with van der Waals surface area (Å²) in [7, 11) is 0. The van der Waals surface area contributed by atoms with Crippen molar-refractivity contribution in [3.05, 3.63) is 75.9 Å². The van der Waals surface area contributed by atoms with Crippen molar-refractivity contribution in [2.75, 3.05) is 61.4 Å². The number of nitrogens with zero attached hydrogens (tertiary/aromatic N) is 6. The molecule has 2 saturated heterocycles. The van der Waals surface area contributed by atoms with Gasteiger partial charge in [0.25, 0.3) is 5.91 Å². The number of anilines is 2. The van der Waals surface area contributed by atoms with Crippen LogP contribution in [0.5, 0.6) is 0 Å². The molecule has 2 aromatic carbocycles. The van der Waals surface area contributed by atoms with Gasteiger partial charge in [0.15, 0.2) is 5.16 Å². The zero-order valence-electron chi connectivity index (χ0n) is 22.6. The monoisotopic (exact) mass is 598 g/mol. The van der Waals surface area contributed by atoms with Crippen LogP contribution in [0.25, 0.3) is 0 Å². The Morgan fingerprint density at radius 2 is 1.65 bits per heavy atom. The Bertz CT molecular complexity index is 1370. The van der Waals surface area contributed by atoms with Crippen molar-refractivity contribution < 1.29 is 9.59 Å². The number of carbonyl (C=O) groups excluding carboxylic acids is 2. The van der Waals surface area contributed by atoms with Crippen molar-refractivity contribution in [2.45, 2.75) is 25.0 Å². The van der Waals surface area contributed by atoms with Gasteiger partial charge in [-0.1, -0.05) is 58.7 Å². The summed E-state index contributed by atoms with van der Waals surface area (Å²) in [5, 5.41) is 1.51. The topological polar surface area (TPSA) is 72.9 Å². The van der Waals surface area contributed by atoms with Crippen LogP contribution in [0.4, 0.5) is 11.5 Å². The molecule has 0 radical (unpaired) electrons. The van der Waals surface area contributed by atoms with Crippen LogP contribution in [0.15, 0.2) is 59.8 Å². The SMILES string of the molecule is Cc1ccc(C(=O)N2CCN(c3cc(Cl)nc(SCC(=O)N4CCN(c5cccc(Cl)c5)CC4)n3)C[C@@H]2C)cc1. The first kappa shape index (κ1) is 28.5. The number of carbonyl (C=O) groups is 2. The lowest BCUT2D eigenvalue weighted by Crippen LogP contribution is -2.54. The summed E-state index contributed by atoms with van der Waals surface area (Å²) in [5.74, 6) is 1.04. The number of hydrogen-bond acceptors (Lipinski definition) is 7. The minimum Gasteiger partial charge on any atom is -0.368 e. The zero-order valence-corrected chi connectivity index (χ0v) is 24.9. The first-order valence-electron chi connectivity index (χ1n) is 13.3. The number of amides is 2. The number of rotatable bonds is 6. The highest BCUT2D eigenvalue weighted by Crippen LogP contribution is 2.26. The van der Waals surface area contributed by atoms with Crippen molar-refractivity contribution in [3.63, 3.8) is 0 Å². The molecule has 0 aliphatic carbocycles. The predicted octanol–water partition coefficient (Wildman–Crippen LogP) is 4.88. The number of aromatic nitrogens is 2. The van der Waals surface area contributed by atoms with Gasteiger partial charge in [-0.15, -0.1) is 0 Å². The Morgan fingerprint density at radius 1 is 0.925 bits per heavy atom. The van der Waals surface area contributed by atoms with Crippen LogP contribution in [0.2, 0.25) is 10.2 Å². The third-order valence-corrected chi connectivity index (χ3v) is 8.56. The van der Waals surface area contributed by atoms with E-state index in [1.807, 2.05) is 72.2 Å². The summed E-state index contributed by atoms with van der Waals surface area (Å²) in [6, 6.07) is 17.2. The van der Waals surface area contributed by atoms with Gasteiger partial charge in [-0.05, 0) is 44.2 Å². The maximum atomic E-state index is 13.1. The highest BCUT2D eigenvalue weighted by atomic mass is 35.5. The van der Waals surface area contributed by atoms with Crippen LogP contribution in [0.3, 0.4) is 0 Å². The van der Waals surface area contributed by atoms with Gasteiger partial charge in [0.2, 0.25) is 5.91 Å². The predicted molar refractivity (Wildman–Crippen MR) is 162 cm³/mol. The van der Waals surface area contributed by atoms with Crippen LogP contribution in [-0.4, -0.2) is 89.2 Å². The van der Waals surface area contributed by atoms with Gasteiger partial charge in [-0.2, -0.15) is 0 Å². The summed E-state index contributed by atoms with van der Waals surface area (Å²) < 4.78 is 0. The van der Waals surface area contributed by atoms with E-state index in [1.54, 1.807) is 6.07 Å². The Labute approximate surface area is 249 Å². The van der Waals surface area contributed by atoms with Crippen LogP contribution < -0.4 is 9.80 Å². The highest BCUT2D eigenvalue weighted by Gasteiger charge is 2.29. The lowest BCUT2D eigenvalue weighted by Gasteiger charge is -2.40. The Balaban J connectivity index is 1.15. The molecule has 1 aromatic heterocycles. The van der Waals surface area contributed by atoms with E-state index in [9.17, 15) is 9.59 Å². The minimum absolute atomic E-state index is 0.000413. The first-order valence-corrected chi connectivity index (χ1v) is 15.1. The van der Waals surface area contributed by atoms with Crippen LogP contribution in [0, 0.1) is 6.92 Å². The van der Waals surface area contributed by atoms with Crippen LogP contribution >= 0.6 is 35.0 Å². The molecule has 3 heterocycles. The summed E-state index contributed by atoms with van der Waals surface area (Å²) in [6.07, 6.45) is 0. The van der Waals surface area contributed by atoms with E-state index in [0.29, 0.717) is 59.4 Å². The average molecular weight is 600 g/mol. The third kappa shape index (κ3) is 6.82. The number of thioether (sulfide) groups is 1. The summed E-state index contributed by atoms with van der Waals surface area (Å²) >= 11 is 13.8. The number of halogens is 2. The van der Waals surface area contributed by atoms with Crippen molar-refractivity contribution in [3.8, 4) is 0 Å². The van der Waals surface area contributed by atoms with E-state index in [1.165, 1.54) is 11.8 Å². The molecule has 2 aliphatic heterocycles. The van der Waals surface area contributed by atoms with E-state index < -0.39 is 0 Å². The largest absolute Gasteiger partial charge is 0.368 e. The van der Waals surface area contributed by atoms with Crippen LogP contribution in [0.1, 0.15) is 22.8 Å². The molecule has 0 unspecified atom stereocenters. The molecule has 3 aromatic rings. The molecule has 8 nitrogen and oxygen atoms in total. The van der Waals surface area contributed by atoms with Crippen molar-refractivity contribution in [1.82, 2.24) is 19.8 Å². The molecule has 40 heavy (non-hydrogen) atoms. The van der Waals surface area contributed by atoms with Crippen LogP contribution in [-0.2, 0) is 4.79 Å². The van der Waals surface area contributed by atoms with Gasteiger partial charge in [-0.25, -0.2) is 9.97 Å². The van der Waals surface area contributed by atoms with E-state index in [2.05, 4.69) is 14.8 Å². The van der Waals surface area contributed by atoms with Gasteiger partial charge in [0.05, 0.1) is 5.75 Å². The molecule has 0 saturated carbocycles. The normalized spacial score (nSPS) is 17.8. The number of piperazine rings is 2. The number of hydrogen-bond donors (Lipinski definition) is 0. The molecular weight excluding hydrogens is 567 g/mol. The molecule has 0 N–H and O–H groups in total. The molecule has 2 fully saturated rings. The number of benzene rings is 2. The standard InChI is InChI=1S/C29H32Cl2N6O2S/c1-20-6-8-22(9-7-20)28(39)37-15-14-36(18-21(37)2)26-17-25(31)32-29(33-26)40-19-27(38)35-12-10-34(11-13-35)24-5-3-4-23(30)16-24/h3-9,16-17,21H,10-15,18-19H2,1-2H3/t21-/m0/s1. The van der Waals surface area contributed by atoms with E-state index in [0.717, 1.165) is 24.3 Å². The van der Waals surface area contributed by atoms with E-state index in [-0.39, 0.29) is 23.6 Å². The second-order valence-electron chi connectivity index (χ2n) is 10.1. The van der Waals surface area contributed by atoms with Crippen molar-refractivity contribution in [1.29, 1.82) is 0 Å². The fourth-order valence-electron chi connectivity index (χ4n) is 5.05. The van der Waals surface area contributed by atoms with E-state index in [4.69, 9.17) is 28.2 Å². The maximum absolute atomic E-state index is 13.1. The molecule has 1 atom stereocenters. The summed E-state index contributed by atoms with van der Waals surface area (Å²) in [4.78, 5) is 43.2. The molecule has 2 amide bonds. The lowest BCUT2D eigenvalue weighted by atomic mass is 10.1. The van der Waals surface area contributed by atoms with Gasteiger partial charge in [0.1, 0.15) is 11.0 Å². The lowest BCUT2D eigenvalue weighted by molar-refractivity contribution is -0.128. The summed E-state index contributed by atoms with van der Waals surface area (Å²) in [5.41, 5.74) is 2.90. The quantitative estimate of drug-likeness (QED) is 0.227. The molecule has 0 bridgehead atoms. The van der Waals surface area contributed by atoms with Crippen molar-refractivity contribution >= 4 is 58.3 Å². The average Bonchev–Trinajstić information content (AvgIpc) is 2.96. The molecule has 11 heteroatoms. The molecule has 210 valence electrons. The van der Waals surface area contributed by atoms with Crippen molar-refractivity contribution in [2.24, 2.45) is 0 Å². The Hall–Kier alpha value is -3.01. The fourth-order valence-corrected chi connectivity index (χ4v) is 6.21. The van der Waals surface area contributed by atoms with E-state index >= 15 is 0 Å². The maximum Gasteiger partial charge on any atom is 0.254 e. The molecule has 5 rings (SSSR count). The Morgan fingerprint density at radius 3 is 2.35 bits per heavy atom. The second-order valence-corrected chi connectivity index (χ2v) is 11.9. The fraction of sp³-hybridized carbons (Fsp3) is 0.379. The van der Waals surface area contributed by atoms with Gasteiger partial charge in [-0.3, -0.25) is 9.59 Å². The molecule has 2 aliphatic rings. The van der Waals surface area contributed by atoms with Gasteiger partial charge >= 0.3 is 0 Å². The molecule has 0 spiro atoms. The minimum atomic E-state index is -0.000413. The zero-order chi connectivity index (χ0) is 28.2. The Kier molecular flexibility index (Phi) is 9.03.